The van der Waals surface area contributed by atoms with Crippen molar-refractivity contribution in [3.05, 3.63) is 72.8 Å². The number of carbonyl (C=O) groups is 2. The standard InChI is InChI=1S/C8H6O4.2C3H4N2.H2O/c9-7(10)5-3-1-2-4-6(5)8(11)12;2*1-2-5-3-4-1;/h1-4H,(H,9,10)(H,11,12);2*1-3H,(H,4,5);1H2. The number of hydrogen-bond donors (Lipinski definition) is 2. The van der Waals surface area contributed by atoms with Crippen LogP contribution in [0.4, 0.5) is 0 Å². The molecule has 3 aromatic rings. The van der Waals surface area contributed by atoms with E-state index in [1.54, 1.807) is 12.7 Å². The molecule has 3 rings (SSSR count). The molecule has 2 heterocycles. The predicted molar refractivity (Wildman–Crippen MR) is 73.4 cm³/mol. The van der Waals surface area contributed by atoms with Crippen LogP contribution in [0, 0.1) is 0 Å². The molecule has 9 heteroatoms. The molecule has 23 heavy (non-hydrogen) atoms. The van der Waals surface area contributed by atoms with Gasteiger partial charge < -0.3 is 25.3 Å². The number of carboxylic acids is 2. The van der Waals surface area contributed by atoms with Gasteiger partial charge in [-0.1, -0.05) is 24.3 Å². The predicted octanol–water partition coefficient (Wildman–Crippen LogP) is -2.75. The zero-order valence-corrected chi connectivity index (χ0v) is 11.9. The first-order valence-corrected chi connectivity index (χ1v) is 6.12. The fourth-order valence-corrected chi connectivity index (χ4v) is 1.32. The zero-order valence-electron chi connectivity index (χ0n) is 11.9. The number of carbonyl (C=O) groups excluding carboxylic acids is 2. The third-order valence-corrected chi connectivity index (χ3v) is 2.25. The van der Waals surface area contributed by atoms with Crippen LogP contribution in [0.1, 0.15) is 20.7 Å². The van der Waals surface area contributed by atoms with Crippen molar-refractivity contribution in [3.63, 3.8) is 0 Å². The lowest BCUT2D eigenvalue weighted by atomic mass is 10.1. The first kappa shape index (κ1) is 19.5. The van der Waals surface area contributed by atoms with Crippen molar-refractivity contribution in [1.29, 1.82) is 0 Å². The van der Waals surface area contributed by atoms with Crippen molar-refractivity contribution in [1.82, 2.24) is 9.97 Å². The topological polar surface area (TPSA) is 172 Å². The van der Waals surface area contributed by atoms with Crippen LogP contribution >= 0.6 is 0 Å². The number of carboxylic acid groups (broad SMARTS) is 2. The average molecular weight is 320 g/mol. The van der Waals surface area contributed by atoms with E-state index < -0.39 is 11.9 Å². The Kier molecular flexibility index (Phi) is 9.54. The van der Waals surface area contributed by atoms with E-state index in [-0.39, 0.29) is 16.6 Å². The molecule has 0 radical (unpaired) electrons. The minimum absolute atomic E-state index is 0. The molecule has 0 aliphatic heterocycles. The SMILES string of the molecule is O.O=C([O-])c1ccccc1C(=O)[O-].c1c[nH+]c[nH]1.c1c[nH+]c[nH]1. The Morgan fingerprint density at radius 1 is 0.826 bits per heavy atom. The number of rotatable bonds is 2. The van der Waals surface area contributed by atoms with Gasteiger partial charge in [0.1, 0.15) is 24.8 Å². The number of benzene rings is 1. The monoisotopic (exact) mass is 320 g/mol. The Morgan fingerprint density at radius 2 is 1.22 bits per heavy atom. The fourth-order valence-electron chi connectivity index (χ4n) is 1.32. The van der Waals surface area contributed by atoms with E-state index in [9.17, 15) is 19.8 Å². The summed E-state index contributed by atoms with van der Waals surface area (Å²) in [7, 11) is 0. The Labute approximate surface area is 131 Å². The van der Waals surface area contributed by atoms with Crippen molar-refractivity contribution in [2.24, 2.45) is 0 Å². The van der Waals surface area contributed by atoms with Crippen molar-refractivity contribution in [2.75, 3.05) is 0 Å². The van der Waals surface area contributed by atoms with Crippen LogP contribution in [-0.2, 0) is 0 Å². The molecule has 0 unspecified atom stereocenters. The van der Waals surface area contributed by atoms with E-state index in [2.05, 4.69) is 19.9 Å². The maximum atomic E-state index is 10.3. The van der Waals surface area contributed by atoms with Crippen LogP contribution in [0.15, 0.2) is 61.7 Å². The van der Waals surface area contributed by atoms with E-state index in [4.69, 9.17) is 0 Å². The molecule has 0 spiro atoms. The molecule has 0 aliphatic carbocycles. The van der Waals surface area contributed by atoms with Crippen molar-refractivity contribution in [2.45, 2.75) is 0 Å². The summed E-state index contributed by atoms with van der Waals surface area (Å²) in [6.45, 7) is 0. The summed E-state index contributed by atoms with van der Waals surface area (Å²) in [5, 5.41) is 20.6. The number of nitrogens with one attached hydrogen (secondary N) is 4. The summed E-state index contributed by atoms with van der Waals surface area (Å²) in [4.78, 5) is 31.9. The highest BCUT2D eigenvalue weighted by Crippen LogP contribution is 2.05. The van der Waals surface area contributed by atoms with E-state index in [0.717, 1.165) is 12.1 Å². The molecule has 0 amide bonds. The van der Waals surface area contributed by atoms with Crippen LogP contribution in [0.25, 0.3) is 0 Å². The first-order valence-electron chi connectivity index (χ1n) is 6.12. The van der Waals surface area contributed by atoms with Gasteiger partial charge in [-0.2, -0.15) is 0 Å². The van der Waals surface area contributed by atoms with E-state index in [1.165, 1.54) is 12.1 Å². The molecular weight excluding hydrogens is 304 g/mol. The lowest BCUT2D eigenvalue weighted by molar-refractivity contribution is -0.376. The lowest BCUT2D eigenvalue weighted by Crippen LogP contribution is -2.29. The van der Waals surface area contributed by atoms with E-state index >= 15 is 0 Å². The molecule has 0 bridgehead atoms. The van der Waals surface area contributed by atoms with Gasteiger partial charge in [0.15, 0.2) is 0 Å². The molecule has 0 fully saturated rings. The molecule has 0 atom stereocenters. The summed E-state index contributed by atoms with van der Waals surface area (Å²) in [6.07, 6.45) is 10.8. The third kappa shape index (κ3) is 7.78. The van der Waals surface area contributed by atoms with Gasteiger partial charge in [0, 0.05) is 11.1 Å². The highest BCUT2D eigenvalue weighted by Gasteiger charge is 2.01. The minimum atomic E-state index is -1.52. The molecule has 9 nitrogen and oxygen atoms in total. The second kappa shape index (κ2) is 11.2. The van der Waals surface area contributed by atoms with Crippen molar-refractivity contribution in [3.8, 4) is 0 Å². The van der Waals surface area contributed by atoms with Crippen molar-refractivity contribution < 1.29 is 35.2 Å². The molecule has 6 N–H and O–H groups in total. The lowest BCUT2D eigenvalue weighted by Gasteiger charge is -2.09. The van der Waals surface area contributed by atoms with Crippen LogP contribution < -0.4 is 20.2 Å². The van der Waals surface area contributed by atoms with Gasteiger partial charge in [0.25, 0.3) is 0 Å². The van der Waals surface area contributed by atoms with Crippen LogP contribution in [0.2, 0.25) is 0 Å². The second-order valence-electron chi connectivity index (χ2n) is 3.74. The molecule has 122 valence electrons. The number of aromatic amines is 4. The third-order valence-electron chi connectivity index (χ3n) is 2.25. The van der Waals surface area contributed by atoms with Gasteiger partial charge in [0.05, 0.1) is 11.9 Å². The molecular formula is C14H16N4O5. The Balaban J connectivity index is 0.000000362. The van der Waals surface area contributed by atoms with Gasteiger partial charge in [0.2, 0.25) is 12.7 Å². The largest absolute Gasteiger partial charge is 0.545 e. The fraction of sp³-hybridized carbons (Fsp3) is 0. The number of H-pyrrole nitrogens is 4. The van der Waals surface area contributed by atoms with Crippen LogP contribution in [-0.4, -0.2) is 27.4 Å². The molecule has 1 aromatic carbocycles. The number of aromatic carboxylic acids is 2. The van der Waals surface area contributed by atoms with Gasteiger partial charge in [-0.3, -0.25) is 19.9 Å². The van der Waals surface area contributed by atoms with Gasteiger partial charge >= 0.3 is 0 Å². The molecule has 2 aromatic heterocycles. The van der Waals surface area contributed by atoms with Crippen LogP contribution in [0.3, 0.4) is 0 Å². The molecule has 0 saturated heterocycles. The Bertz CT molecular complexity index is 575. The highest BCUT2D eigenvalue weighted by atomic mass is 16.4. The van der Waals surface area contributed by atoms with Gasteiger partial charge in [-0.05, 0) is 0 Å². The highest BCUT2D eigenvalue weighted by molar-refractivity contribution is 5.99. The Hall–Kier alpha value is -3.46. The van der Waals surface area contributed by atoms with E-state index in [1.807, 2.05) is 24.8 Å². The minimum Gasteiger partial charge on any atom is -0.545 e. The summed E-state index contributed by atoms with van der Waals surface area (Å²) < 4.78 is 0. The molecule has 0 saturated carbocycles. The van der Waals surface area contributed by atoms with Gasteiger partial charge in [-0.25, -0.2) is 0 Å². The molecule has 0 aliphatic rings. The van der Waals surface area contributed by atoms with E-state index in [0.29, 0.717) is 0 Å². The summed E-state index contributed by atoms with van der Waals surface area (Å²) in [6, 6.07) is 5.14. The smallest absolute Gasteiger partial charge is 0.239 e. The van der Waals surface area contributed by atoms with Gasteiger partial charge in [-0.15, -0.1) is 0 Å². The zero-order chi connectivity index (χ0) is 16.2. The maximum absolute atomic E-state index is 10.3. The van der Waals surface area contributed by atoms with Crippen molar-refractivity contribution >= 4 is 11.9 Å². The normalized spacial score (nSPS) is 8.35. The average Bonchev–Trinajstić information content (AvgIpc) is 3.25. The maximum Gasteiger partial charge on any atom is 0.239 e. The quantitative estimate of drug-likeness (QED) is 0.521. The number of imidazole rings is 2. The summed E-state index contributed by atoms with van der Waals surface area (Å²) >= 11 is 0. The first-order chi connectivity index (χ1) is 10.6. The summed E-state index contributed by atoms with van der Waals surface area (Å²) in [5.74, 6) is -3.04. The Morgan fingerprint density at radius 3 is 1.39 bits per heavy atom. The number of aromatic nitrogens is 4. The number of hydrogen-bond acceptors (Lipinski definition) is 4. The summed E-state index contributed by atoms with van der Waals surface area (Å²) in [5.41, 5.74) is -0.727. The van der Waals surface area contributed by atoms with Crippen LogP contribution in [0.5, 0.6) is 0 Å². The second-order valence-corrected chi connectivity index (χ2v) is 3.74.